The van der Waals surface area contributed by atoms with Gasteiger partial charge in [0.25, 0.3) is 0 Å². The second kappa shape index (κ2) is 4.61. The van der Waals surface area contributed by atoms with Crippen molar-refractivity contribution in [1.29, 1.82) is 0 Å². The van der Waals surface area contributed by atoms with Crippen molar-refractivity contribution in [2.75, 3.05) is 5.32 Å². The molecule has 1 aromatic carbocycles. The third-order valence-electron chi connectivity index (χ3n) is 3.31. The van der Waals surface area contributed by atoms with Gasteiger partial charge in [0.05, 0.1) is 18.3 Å². The lowest BCUT2D eigenvalue weighted by atomic mass is 10.1. The molecule has 0 fully saturated rings. The van der Waals surface area contributed by atoms with Crippen molar-refractivity contribution in [2.24, 2.45) is 0 Å². The maximum absolute atomic E-state index is 4.70. The van der Waals surface area contributed by atoms with E-state index in [9.17, 15) is 0 Å². The van der Waals surface area contributed by atoms with E-state index in [4.69, 9.17) is 4.98 Å². The second-order valence-electron chi connectivity index (χ2n) is 4.57. The Morgan fingerprint density at radius 3 is 2.95 bits per heavy atom. The molecule has 0 aliphatic rings. The summed E-state index contributed by atoms with van der Waals surface area (Å²) in [5.41, 5.74) is 1.94. The lowest BCUT2D eigenvalue weighted by Crippen LogP contribution is -2.01. The van der Waals surface area contributed by atoms with Crippen molar-refractivity contribution < 1.29 is 0 Å². The number of nitrogens with zero attached hydrogens (tertiary/aromatic N) is 2. The number of aromatic amines is 1. The molecule has 4 rings (SSSR count). The average Bonchev–Trinajstić information content (AvgIpc) is 3.16. The SMILES string of the molecule is c1csc(CNc2nc3ccccc3c3cn[nH]c23)c1. The minimum atomic E-state index is 0.775. The first-order valence-corrected chi connectivity index (χ1v) is 7.28. The van der Waals surface area contributed by atoms with Crippen molar-refractivity contribution in [3.05, 3.63) is 52.9 Å². The molecule has 2 N–H and O–H groups in total. The second-order valence-corrected chi connectivity index (χ2v) is 5.60. The third kappa shape index (κ3) is 1.83. The maximum atomic E-state index is 4.70. The quantitative estimate of drug-likeness (QED) is 0.600. The van der Waals surface area contributed by atoms with Gasteiger partial charge in [-0.1, -0.05) is 24.3 Å². The summed E-state index contributed by atoms with van der Waals surface area (Å²) in [5.74, 6) is 0.851. The lowest BCUT2D eigenvalue weighted by molar-refractivity contribution is 1.10. The Bertz CT molecular complexity index is 864. The fourth-order valence-corrected chi connectivity index (χ4v) is 3.00. The fourth-order valence-electron chi connectivity index (χ4n) is 2.36. The van der Waals surface area contributed by atoms with Crippen LogP contribution in [0.2, 0.25) is 0 Å². The van der Waals surface area contributed by atoms with Crippen LogP contribution in [-0.4, -0.2) is 15.2 Å². The van der Waals surface area contributed by atoms with Crippen molar-refractivity contribution in [3.8, 4) is 0 Å². The number of hydrogen-bond acceptors (Lipinski definition) is 4. The zero-order valence-corrected chi connectivity index (χ0v) is 11.4. The van der Waals surface area contributed by atoms with Crippen molar-refractivity contribution in [1.82, 2.24) is 15.2 Å². The molecule has 98 valence electrons. The van der Waals surface area contributed by atoms with Crippen LogP contribution in [0.4, 0.5) is 5.82 Å². The summed E-state index contributed by atoms with van der Waals surface area (Å²) in [6, 6.07) is 12.3. The van der Waals surface area contributed by atoms with Gasteiger partial charge < -0.3 is 5.32 Å². The zero-order valence-electron chi connectivity index (χ0n) is 10.6. The van der Waals surface area contributed by atoms with Crippen LogP contribution in [-0.2, 0) is 6.54 Å². The summed E-state index contributed by atoms with van der Waals surface area (Å²) in [5, 5.41) is 14.9. The number of para-hydroxylation sites is 1. The minimum Gasteiger partial charge on any atom is -0.363 e. The van der Waals surface area contributed by atoms with Gasteiger partial charge in [-0.2, -0.15) is 5.10 Å². The normalized spacial score (nSPS) is 11.2. The average molecular weight is 280 g/mol. The Hall–Kier alpha value is -2.40. The van der Waals surface area contributed by atoms with Gasteiger partial charge in [0.2, 0.25) is 0 Å². The van der Waals surface area contributed by atoms with E-state index in [-0.39, 0.29) is 0 Å². The predicted octanol–water partition coefficient (Wildman–Crippen LogP) is 3.78. The van der Waals surface area contributed by atoms with Crippen LogP contribution in [0.25, 0.3) is 21.8 Å². The molecule has 0 saturated carbocycles. The lowest BCUT2D eigenvalue weighted by Gasteiger charge is -2.07. The van der Waals surface area contributed by atoms with E-state index in [0.717, 1.165) is 34.2 Å². The van der Waals surface area contributed by atoms with Gasteiger partial charge in [-0.15, -0.1) is 11.3 Å². The van der Waals surface area contributed by atoms with E-state index < -0.39 is 0 Å². The molecule has 0 unspecified atom stereocenters. The Morgan fingerprint density at radius 2 is 2.05 bits per heavy atom. The Kier molecular flexibility index (Phi) is 2.63. The number of hydrogen-bond donors (Lipinski definition) is 2. The van der Waals surface area contributed by atoms with Gasteiger partial charge in [0.15, 0.2) is 5.82 Å². The molecule has 3 aromatic heterocycles. The standard InChI is InChI=1S/C15H12N4S/c1-2-6-13-11(5-1)12-9-17-19-14(12)15(18-13)16-8-10-4-3-7-20-10/h1-7,9H,8H2,(H,16,18)(H,17,19). The highest BCUT2D eigenvalue weighted by atomic mass is 32.1. The fraction of sp³-hybridized carbons (Fsp3) is 0.0667. The van der Waals surface area contributed by atoms with E-state index in [1.165, 1.54) is 4.88 Å². The van der Waals surface area contributed by atoms with Crippen LogP contribution in [0.5, 0.6) is 0 Å². The maximum Gasteiger partial charge on any atom is 0.153 e. The molecule has 3 heterocycles. The topological polar surface area (TPSA) is 53.6 Å². The molecule has 5 heteroatoms. The number of pyridine rings is 1. The molecule has 0 amide bonds. The van der Waals surface area contributed by atoms with Gasteiger partial charge in [0.1, 0.15) is 5.52 Å². The first kappa shape index (κ1) is 11.4. The van der Waals surface area contributed by atoms with E-state index in [0.29, 0.717) is 0 Å². The van der Waals surface area contributed by atoms with Crippen LogP contribution in [0, 0.1) is 0 Å². The molecular formula is C15H12N4S. The van der Waals surface area contributed by atoms with Gasteiger partial charge in [0, 0.05) is 15.6 Å². The van der Waals surface area contributed by atoms with Crippen LogP contribution in [0.1, 0.15) is 4.88 Å². The molecule has 0 bridgehead atoms. The van der Waals surface area contributed by atoms with E-state index >= 15 is 0 Å². The first-order chi connectivity index (χ1) is 9.92. The highest BCUT2D eigenvalue weighted by molar-refractivity contribution is 7.09. The highest BCUT2D eigenvalue weighted by Gasteiger charge is 2.09. The Balaban J connectivity index is 1.82. The minimum absolute atomic E-state index is 0.775. The first-order valence-electron chi connectivity index (χ1n) is 6.40. The number of rotatable bonds is 3. The Morgan fingerprint density at radius 1 is 1.10 bits per heavy atom. The summed E-state index contributed by atoms with van der Waals surface area (Å²) in [4.78, 5) is 5.98. The van der Waals surface area contributed by atoms with Crippen molar-refractivity contribution >= 4 is 39.0 Å². The summed E-state index contributed by atoms with van der Waals surface area (Å²) in [7, 11) is 0. The number of nitrogens with one attached hydrogen (secondary N) is 2. The van der Waals surface area contributed by atoms with Crippen LogP contribution < -0.4 is 5.32 Å². The Labute approximate surface area is 119 Å². The number of anilines is 1. The number of benzene rings is 1. The van der Waals surface area contributed by atoms with E-state index in [1.54, 1.807) is 11.3 Å². The van der Waals surface area contributed by atoms with Gasteiger partial charge in [-0.3, -0.25) is 5.10 Å². The number of aromatic nitrogens is 3. The number of H-pyrrole nitrogens is 1. The van der Waals surface area contributed by atoms with Gasteiger partial charge in [-0.25, -0.2) is 4.98 Å². The van der Waals surface area contributed by atoms with E-state index in [1.807, 2.05) is 24.4 Å². The summed E-state index contributed by atoms with van der Waals surface area (Å²) < 4.78 is 0. The van der Waals surface area contributed by atoms with Crippen molar-refractivity contribution in [3.63, 3.8) is 0 Å². The molecule has 4 nitrogen and oxygen atoms in total. The van der Waals surface area contributed by atoms with Gasteiger partial charge >= 0.3 is 0 Å². The highest BCUT2D eigenvalue weighted by Crippen LogP contribution is 2.27. The number of thiophene rings is 1. The monoisotopic (exact) mass is 280 g/mol. The molecule has 0 spiro atoms. The summed E-state index contributed by atoms with van der Waals surface area (Å²) in [6.07, 6.45) is 1.86. The van der Waals surface area contributed by atoms with Crippen molar-refractivity contribution in [2.45, 2.75) is 6.54 Å². The van der Waals surface area contributed by atoms with Crippen LogP contribution >= 0.6 is 11.3 Å². The molecule has 4 aromatic rings. The predicted molar refractivity (Wildman–Crippen MR) is 83.0 cm³/mol. The molecule has 0 aliphatic heterocycles. The number of fused-ring (bicyclic) bond motifs is 3. The molecule has 20 heavy (non-hydrogen) atoms. The molecule has 0 radical (unpaired) electrons. The van der Waals surface area contributed by atoms with Crippen LogP contribution in [0.15, 0.2) is 48.0 Å². The summed E-state index contributed by atoms with van der Waals surface area (Å²) >= 11 is 1.74. The zero-order chi connectivity index (χ0) is 13.4. The molecule has 0 atom stereocenters. The van der Waals surface area contributed by atoms with E-state index in [2.05, 4.69) is 39.1 Å². The third-order valence-corrected chi connectivity index (χ3v) is 4.19. The smallest absolute Gasteiger partial charge is 0.153 e. The summed E-state index contributed by atoms with van der Waals surface area (Å²) in [6.45, 7) is 0.775. The molecular weight excluding hydrogens is 268 g/mol. The molecule has 0 aliphatic carbocycles. The molecule has 0 saturated heterocycles. The van der Waals surface area contributed by atoms with Gasteiger partial charge in [-0.05, 0) is 17.5 Å². The largest absolute Gasteiger partial charge is 0.363 e. The van der Waals surface area contributed by atoms with Crippen LogP contribution in [0.3, 0.4) is 0 Å².